The Labute approximate surface area is 183 Å². The number of nitrogens with zero attached hydrogens (tertiary/aromatic N) is 2. The zero-order valence-corrected chi connectivity index (χ0v) is 18.5. The van der Waals surface area contributed by atoms with E-state index in [2.05, 4.69) is 9.88 Å². The lowest BCUT2D eigenvalue weighted by atomic mass is 9.48. The van der Waals surface area contributed by atoms with Crippen molar-refractivity contribution in [3.63, 3.8) is 0 Å². The number of carbonyl (C=O) groups excluding carboxylic acids is 1. The third kappa shape index (κ3) is 4.40. The number of carbonyl (C=O) groups is 1. The van der Waals surface area contributed by atoms with Gasteiger partial charge in [0, 0.05) is 24.7 Å². The monoisotopic (exact) mass is 425 g/mol. The van der Waals surface area contributed by atoms with Crippen LogP contribution >= 0.6 is 0 Å². The van der Waals surface area contributed by atoms with E-state index in [4.69, 9.17) is 19.9 Å². The van der Waals surface area contributed by atoms with Crippen LogP contribution < -0.4 is 20.1 Å². The molecule has 1 heterocycles. The molecule has 2 N–H and O–H groups in total. The standard InChI is InChI=1S/C24H31N3O4/c1-29-20-6-4-17(21(8-20)30-2)15-27(22-7-5-19(25)13-26-22)14-16-9-24(10-16)11-18(12-24)23(28)31-3/h4-8,13,16,18H,9-12,14-15,25H2,1-3H3. The summed E-state index contributed by atoms with van der Waals surface area (Å²) in [7, 11) is 4.80. The summed E-state index contributed by atoms with van der Waals surface area (Å²) in [4.78, 5) is 18.6. The van der Waals surface area contributed by atoms with Crippen LogP contribution in [-0.4, -0.2) is 38.8 Å². The third-order valence-electron chi connectivity index (χ3n) is 6.77. The van der Waals surface area contributed by atoms with Gasteiger partial charge in [0.25, 0.3) is 0 Å². The van der Waals surface area contributed by atoms with Gasteiger partial charge in [-0.05, 0) is 61.3 Å². The van der Waals surface area contributed by atoms with Gasteiger partial charge in [0.1, 0.15) is 17.3 Å². The lowest BCUT2D eigenvalue weighted by Crippen LogP contribution is -2.52. The van der Waals surface area contributed by atoms with Gasteiger partial charge in [0.2, 0.25) is 0 Å². The Morgan fingerprint density at radius 3 is 2.52 bits per heavy atom. The van der Waals surface area contributed by atoms with Gasteiger partial charge in [-0.2, -0.15) is 0 Å². The lowest BCUT2D eigenvalue weighted by Gasteiger charge is -2.57. The molecule has 0 unspecified atom stereocenters. The predicted octanol–water partition coefficient (Wildman–Crippen LogP) is 3.67. The Hall–Kier alpha value is -2.96. The largest absolute Gasteiger partial charge is 0.497 e. The molecule has 2 aromatic rings. The van der Waals surface area contributed by atoms with Crippen molar-refractivity contribution in [3.05, 3.63) is 42.1 Å². The van der Waals surface area contributed by atoms with Crippen molar-refractivity contribution in [3.8, 4) is 11.5 Å². The first kappa shape index (κ1) is 21.3. The fourth-order valence-corrected chi connectivity index (χ4v) is 5.27. The van der Waals surface area contributed by atoms with Crippen LogP contribution in [0, 0.1) is 17.3 Å². The van der Waals surface area contributed by atoms with Crippen molar-refractivity contribution in [1.82, 2.24) is 4.98 Å². The Morgan fingerprint density at radius 1 is 1.13 bits per heavy atom. The van der Waals surface area contributed by atoms with Crippen LogP contribution in [0.2, 0.25) is 0 Å². The molecule has 7 heteroatoms. The maximum absolute atomic E-state index is 11.7. The topological polar surface area (TPSA) is 86.9 Å². The molecule has 1 spiro atoms. The van der Waals surface area contributed by atoms with Crippen LogP contribution in [0.25, 0.3) is 0 Å². The van der Waals surface area contributed by atoms with Crippen molar-refractivity contribution < 1.29 is 19.0 Å². The molecule has 1 aromatic carbocycles. The molecule has 7 nitrogen and oxygen atoms in total. The number of esters is 1. The van der Waals surface area contributed by atoms with Crippen LogP contribution in [0.15, 0.2) is 36.5 Å². The molecule has 31 heavy (non-hydrogen) atoms. The van der Waals surface area contributed by atoms with Gasteiger partial charge in [0.05, 0.1) is 39.1 Å². The van der Waals surface area contributed by atoms with E-state index in [1.54, 1.807) is 20.4 Å². The number of methoxy groups -OCH3 is 3. The minimum Gasteiger partial charge on any atom is -0.497 e. The molecule has 1 aromatic heterocycles. The average Bonchev–Trinajstić information content (AvgIpc) is 2.73. The normalized spacial score (nSPS) is 24.1. The molecule has 2 fully saturated rings. The SMILES string of the molecule is COC(=O)C1CC2(CC(CN(Cc3ccc(OC)cc3OC)c3ccc(N)cn3)C2)C1. The Kier molecular flexibility index (Phi) is 5.94. The number of aromatic nitrogens is 1. The smallest absolute Gasteiger partial charge is 0.308 e. The molecular formula is C24H31N3O4. The maximum atomic E-state index is 11.7. The zero-order chi connectivity index (χ0) is 22.0. The summed E-state index contributed by atoms with van der Waals surface area (Å²) in [6.45, 7) is 1.58. The zero-order valence-electron chi connectivity index (χ0n) is 18.5. The maximum Gasteiger partial charge on any atom is 0.308 e. The fourth-order valence-electron chi connectivity index (χ4n) is 5.27. The summed E-state index contributed by atoms with van der Waals surface area (Å²) in [5.74, 6) is 3.06. The fraction of sp³-hybridized carbons (Fsp3) is 0.500. The van der Waals surface area contributed by atoms with Crippen LogP contribution in [0.4, 0.5) is 11.5 Å². The van der Waals surface area contributed by atoms with Crippen LogP contribution in [0.5, 0.6) is 11.5 Å². The summed E-state index contributed by atoms with van der Waals surface area (Å²) in [6, 6.07) is 9.75. The molecule has 0 atom stereocenters. The van der Waals surface area contributed by atoms with Gasteiger partial charge in [-0.3, -0.25) is 4.79 Å². The highest BCUT2D eigenvalue weighted by molar-refractivity contribution is 5.73. The van der Waals surface area contributed by atoms with E-state index in [0.717, 1.165) is 55.1 Å². The molecule has 0 aliphatic heterocycles. The third-order valence-corrected chi connectivity index (χ3v) is 6.77. The summed E-state index contributed by atoms with van der Waals surface area (Å²) < 4.78 is 15.8. The molecule has 2 aliphatic rings. The van der Waals surface area contributed by atoms with Crippen molar-refractivity contribution >= 4 is 17.5 Å². The quantitative estimate of drug-likeness (QED) is 0.646. The number of pyridine rings is 1. The molecular weight excluding hydrogens is 394 g/mol. The number of hydrogen-bond acceptors (Lipinski definition) is 7. The molecule has 0 amide bonds. The summed E-state index contributed by atoms with van der Waals surface area (Å²) in [5.41, 5.74) is 7.91. The second-order valence-corrected chi connectivity index (χ2v) is 8.91. The molecule has 4 rings (SSSR count). The Bertz CT molecular complexity index is 917. The highest BCUT2D eigenvalue weighted by Crippen LogP contribution is 2.61. The van der Waals surface area contributed by atoms with Crippen LogP contribution in [0.3, 0.4) is 0 Å². The number of nitrogen functional groups attached to an aromatic ring is 1. The lowest BCUT2D eigenvalue weighted by molar-refractivity contribution is -0.161. The summed E-state index contributed by atoms with van der Waals surface area (Å²) in [6.07, 6.45) is 5.91. The van der Waals surface area contributed by atoms with E-state index in [1.165, 1.54) is 7.11 Å². The summed E-state index contributed by atoms with van der Waals surface area (Å²) >= 11 is 0. The molecule has 2 aliphatic carbocycles. The van der Waals surface area contributed by atoms with E-state index in [-0.39, 0.29) is 11.9 Å². The van der Waals surface area contributed by atoms with Gasteiger partial charge in [0.15, 0.2) is 0 Å². The molecule has 0 radical (unpaired) electrons. The van der Waals surface area contributed by atoms with E-state index in [1.807, 2.05) is 30.3 Å². The Balaban J connectivity index is 1.45. The van der Waals surface area contributed by atoms with E-state index in [9.17, 15) is 4.79 Å². The molecule has 166 valence electrons. The minimum atomic E-state index is -0.0617. The molecule has 0 saturated heterocycles. The van der Waals surface area contributed by atoms with Crippen molar-refractivity contribution in [2.24, 2.45) is 17.3 Å². The second kappa shape index (κ2) is 8.65. The number of nitrogens with two attached hydrogens (primary N) is 1. The van der Waals surface area contributed by atoms with Gasteiger partial charge in [-0.1, -0.05) is 0 Å². The van der Waals surface area contributed by atoms with Gasteiger partial charge < -0.3 is 24.8 Å². The van der Waals surface area contributed by atoms with Crippen LogP contribution in [-0.2, 0) is 16.1 Å². The number of anilines is 2. The van der Waals surface area contributed by atoms with Crippen molar-refractivity contribution in [2.75, 3.05) is 38.5 Å². The van der Waals surface area contributed by atoms with Crippen LogP contribution in [0.1, 0.15) is 31.2 Å². The van der Waals surface area contributed by atoms with Gasteiger partial charge in [-0.25, -0.2) is 4.98 Å². The average molecular weight is 426 g/mol. The van der Waals surface area contributed by atoms with Gasteiger partial charge in [-0.15, -0.1) is 0 Å². The number of hydrogen-bond donors (Lipinski definition) is 1. The Morgan fingerprint density at radius 2 is 1.90 bits per heavy atom. The van der Waals surface area contributed by atoms with Crippen molar-refractivity contribution in [2.45, 2.75) is 32.2 Å². The van der Waals surface area contributed by atoms with Gasteiger partial charge >= 0.3 is 5.97 Å². The van der Waals surface area contributed by atoms with E-state index in [0.29, 0.717) is 23.6 Å². The molecule has 2 saturated carbocycles. The highest BCUT2D eigenvalue weighted by atomic mass is 16.5. The predicted molar refractivity (Wildman–Crippen MR) is 119 cm³/mol. The summed E-state index contributed by atoms with van der Waals surface area (Å²) in [5, 5.41) is 0. The van der Waals surface area contributed by atoms with Crippen molar-refractivity contribution in [1.29, 1.82) is 0 Å². The number of ether oxygens (including phenoxy) is 3. The first-order valence-electron chi connectivity index (χ1n) is 10.7. The number of rotatable bonds is 8. The number of benzene rings is 1. The first-order chi connectivity index (χ1) is 14.9. The van der Waals surface area contributed by atoms with E-state index >= 15 is 0 Å². The highest BCUT2D eigenvalue weighted by Gasteiger charge is 2.55. The second-order valence-electron chi connectivity index (χ2n) is 8.91. The molecule has 0 bridgehead atoms. The minimum absolute atomic E-state index is 0.0617. The first-order valence-corrected chi connectivity index (χ1v) is 10.7. The van der Waals surface area contributed by atoms with E-state index < -0.39 is 0 Å².